The van der Waals surface area contributed by atoms with E-state index in [0.717, 1.165) is 0 Å². The van der Waals surface area contributed by atoms with E-state index in [1.807, 2.05) is 11.9 Å². The van der Waals surface area contributed by atoms with Crippen LogP contribution in [0.5, 0.6) is 0 Å². The molecular weight excluding hydrogens is 249 g/mol. The predicted octanol–water partition coefficient (Wildman–Crippen LogP) is 1.31. The lowest BCUT2D eigenvalue weighted by molar-refractivity contribution is -0.120. The zero-order chi connectivity index (χ0) is 14.4. The van der Waals surface area contributed by atoms with Crippen molar-refractivity contribution in [3.8, 4) is 0 Å². The van der Waals surface area contributed by atoms with Crippen molar-refractivity contribution in [2.24, 2.45) is 0 Å². The van der Waals surface area contributed by atoms with E-state index in [1.54, 1.807) is 14.0 Å². The molecule has 0 fully saturated rings. The van der Waals surface area contributed by atoms with Crippen molar-refractivity contribution < 1.29 is 13.9 Å². The fraction of sp³-hybridized carbons (Fsp3) is 0.462. The van der Waals surface area contributed by atoms with Crippen LogP contribution in [-0.4, -0.2) is 44.2 Å². The molecule has 0 spiro atoms. The number of nitrogens with zero attached hydrogens (tertiary/aromatic N) is 1. The summed E-state index contributed by atoms with van der Waals surface area (Å²) in [5.41, 5.74) is 5.94. The molecule has 1 aromatic rings. The number of halogens is 1. The minimum absolute atomic E-state index is 0.0122. The molecule has 3 N–H and O–H groups in total. The van der Waals surface area contributed by atoms with E-state index in [0.29, 0.717) is 18.8 Å². The molecule has 106 valence electrons. The highest BCUT2D eigenvalue weighted by molar-refractivity contribution is 5.94. The summed E-state index contributed by atoms with van der Waals surface area (Å²) in [6.45, 7) is 2.99. The third-order valence-electron chi connectivity index (χ3n) is 2.95. The zero-order valence-corrected chi connectivity index (χ0v) is 11.4. The molecular formula is C13H20FN3O2. The molecule has 1 aromatic carbocycles. The van der Waals surface area contributed by atoms with Gasteiger partial charge in [-0.05, 0) is 32.2 Å². The maximum atomic E-state index is 13.0. The number of nitrogens with two attached hydrogens (primary N) is 1. The molecule has 0 aliphatic heterocycles. The Labute approximate surface area is 112 Å². The quantitative estimate of drug-likeness (QED) is 0.764. The summed E-state index contributed by atoms with van der Waals surface area (Å²) in [7, 11) is 3.45. The molecule has 1 rings (SSSR count). The Morgan fingerprint density at radius 3 is 2.84 bits per heavy atom. The minimum atomic E-state index is -0.497. The van der Waals surface area contributed by atoms with E-state index < -0.39 is 5.82 Å². The Morgan fingerprint density at radius 2 is 2.26 bits per heavy atom. The smallest absolute Gasteiger partial charge is 0.241 e. The van der Waals surface area contributed by atoms with Crippen LogP contribution in [0.2, 0.25) is 0 Å². The fourth-order valence-corrected chi connectivity index (χ4v) is 1.50. The highest BCUT2D eigenvalue weighted by Crippen LogP contribution is 2.16. The van der Waals surface area contributed by atoms with Gasteiger partial charge in [0.05, 0.1) is 18.3 Å². The first kappa shape index (κ1) is 15.4. The summed E-state index contributed by atoms with van der Waals surface area (Å²) in [5, 5.41) is 2.70. The van der Waals surface area contributed by atoms with Crippen LogP contribution in [0.15, 0.2) is 18.2 Å². The maximum Gasteiger partial charge on any atom is 0.241 e. The van der Waals surface area contributed by atoms with E-state index in [4.69, 9.17) is 10.5 Å². The number of anilines is 2. The predicted molar refractivity (Wildman–Crippen MR) is 73.4 cm³/mol. The lowest BCUT2D eigenvalue weighted by atomic mass is 10.2. The fourth-order valence-electron chi connectivity index (χ4n) is 1.50. The van der Waals surface area contributed by atoms with E-state index in [9.17, 15) is 9.18 Å². The normalized spacial score (nSPS) is 12.5. The van der Waals surface area contributed by atoms with Gasteiger partial charge in [-0.2, -0.15) is 0 Å². The Hall–Kier alpha value is -1.66. The third kappa shape index (κ3) is 4.50. The van der Waals surface area contributed by atoms with E-state index >= 15 is 0 Å². The van der Waals surface area contributed by atoms with Gasteiger partial charge in [-0.1, -0.05) is 0 Å². The molecule has 0 aromatic heterocycles. The molecule has 19 heavy (non-hydrogen) atoms. The number of carbonyl (C=O) groups is 1. The molecule has 0 saturated heterocycles. The summed E-state index contributed by atoms with van der Waals surface area (Å²) in [6, 6.07) is 3.78. The number of hydrogen-bond acceptors (Lipinski definition) is 4. The molecule has 0 aliphatic rings. The number of hydrogen-bond donors (Lipinski definition) is 2. The second-order valence-electron chi connectivity index (χ2n) is 4.37. The summed E-state index contributed by atoms with van der Waals surface area (Å²) in [5.74, 6) is -0.673. The van der Waals surface area contributed by atoms with E-state index in [-0.39, 0.29) is 17.6 Å². The molecule has 1 unspecified atom stereocenters. The topological polar surface area (TPSA) is 67.6 Å². The van der Waals surface area contributed by atoms with Crippen LogP contribution >= 0.6 is 0 Å². The number of benzene rings is 1. The van der Waals surface area contributed by atoms with Crippen LogP contribution in [0.1, 0.15) is 6.92 Å². The molecule has 1 amide bonds. The molecule has 0 radical (unpaired) electrons. The van der Waals surface area contributed by atoms with Crippen LogP contribution in [0.3, 0.4) is 0 Å². The van der Waals surface area contributed by atoms with Crippen molar-refractivity contribution in [2.75, 3.05) is 38.4 Å². The number of carbonyl (C=O) groups excluding carboxylic acids is 1. The van der Waals surface area contributed by atoms with E-state index in [1.165, 1.54) is 18.2 Å². The second kappa shape index (κ2) is 7.06. The monoisotopic (exact) mass is 269 g/mol. The Balaban J connectivity index is 2.60. The standard InChI is InChI=1S/C13H20FN3O2/c1-9(17(2)6-7-19-3)13(18)16-10-4-5-11(14)12(15)8-10/h4-5,8-9H,6-7,15H2,1-3H3,(H,16,18). The van der Waals surface area contributed by atoms with Crippen molar-refractivity contribution in [2.45, 2.75) is 13.0 Å². The zero-order valence-electron chi connectivity index (χ0n) is 11.4. The number of nitrogen functional groups attached to an aromatic ring is 1. The summed E-state index contributed by atoms with van der Waals surface area (Å²) < 4.78 is 18.0. The molecule has 6 heteroatoms. The SMILES string of the molecule is COCCN(C)C(C)C(=O)Nc1ccc(F)c(N)c1. The van der Waals surface area contributed by atoms with Gasteiger partial charge in [0.1, 0.15) is 5.82 Å². The Bertz CT molecular complexity index is 440. The largest absolute Gasteiger partial charge is 0.396 e. The highest BCUT2D eigenvalue weighted by Gasteiger charge is 2.17. The number of amides is 1. The lowest BCUT2D eigenvalue weighted by Crippen LogP contribution is -2.41. The van der Waals surface area contributed by atoms with Crippen LogP contribution in [0.4, 0.5) is 15.8 Å². The number of likely N-dealkylation sites (N-methyl/N-ethyl adjacent to an activating group) is 1. The average molecular weight is 269 g/mol. The summed E-state index contributed by atoms with van der Waals surface area (Å²) in [6.07, 6.45) is 0. The van der Waals surface area contributed by atoms with Gasteiger partial charge >= 0.3 is 0 Å². The molecule has 0 bridgehead atoms. The summed E-state index contributed by atoms with van der Waals surface area (Å²) in [4.78, 5) is 13.9. The first-order valence-electron chi connectivity index (χ1n) is 6.00. The first-order chi connectivity index (χ1) is 8.95. The van der Waals surface area contributed by atoms with Crippen LogP contribution in [0.25, 0.3) is 0 Å². The van der Waals surface area contributed by atoms with Crippen molar-refractivity contribution in [1.29, 1.82) is 0 Å². The van der Waals surface area contributed by atoms with Crippen LogP contribution < -0.4 is 11.1 Å². The molecule has 0 heterocycles. The molecule has 0 saturated carbocycles. The van der Waals surface area contributed by atoms with Crippen LogP contribution in [0, 0.1) is 5.82 Å². The van der Waals surface area contributed by atoms with Crippen molar-refractivity contribution >= 4 is 17.3 Å². The second-order valence-corrected chi connectivity index (χ2v) is 4.37. The van der Waals surface area contributed by atoms with Gasteiger partial charge in [0, 0.05) is 19.3 Å². The first-order valence-corrected chi connectivity index (χ1v) is 6.00. The molecule has 5 nitrogen and oxygen atoms in total. The third-order valence-corrected chi connectivity index (χ3v) is 2.95. The maximum absolute atomic E-state index is 13.0. The highest BCUT2D eigenvalue weighted by atomic mass is 19.1. The number of rotatable bonds is 6. The van der Waals surface area contributed by atoms with Crippen LogP contribution in [-0.2, 0) is 9.53 Å². The van der Waals surface area contributed by atoms with Crippen molar-refractivity contribution in [3.63, 3.8) is 0 Å². The van der Waals surface area contributed by atoms with Gasteiger partial charge in [-0.15, -0.1) is 0 Å². The molecule has 0 aliphatic carbocycles. The van der Waals surface area contributed by atoms with Gasteiger partial charge in [0.15, 0.2) is 0 Å². The van der Waals surface area contributed by atoms with Gasteiger partial charge < -0.3 is 15.8 Å². The Kier molecular flexibility index (Phi) is 5.72. The molecule has 1 atom stereocenters. The van der Waals surface area contributed by atoms with Gasteiger partial charge in [-0.25, -0.2) is 4.39 Å². The number of nitrogens with one attached hydrogen (secondary N) is 1. The van der Waals surface area contributed by atoms with E-state index in [2.05, 4.69) is 5.32 Å². The van der Waals surface area contributed by atoms with Crippen molar-refractivity contribution in [1.82, 2.24) is 4.90 Å². The lowest BCUT2D eigenvalue weighted by Gasteiger charge is -2.23. The number of ether oxygens (including phenoxy) is 1. The minimum Gasteiger partial charge on any atom is -0.396 e. The van der Waals surface area contributed by atoms with Gasteiger partial charge in [-0.3, -0.25) is 9.69 Å². The van der Waals surface area contributed by atoms with Gasteiger partial charge in [0.25, 0.3) is 0 Å². The average Bonchev–Trinajstić information content (AvgIpc) is 2.39. The summed E-state index contributed by atoms with van der Waals surface area (Å²) >= 11 is 0. The number of methoxy groups -OCH3 is 1. The Morgan fingerprint density at radius 1 is 1.58 bits per heavy atom. The van der Waals surface area contributed by atoms with Crippen molar-refractivity contribution in [3.05, 3.63) is 24.0 Å². The van der Waals surface area contributed by atoms with Gasteiger partial charge in [0.2, 0.25) is 5.91 Å².